The van der Waals surface area contributed by atoms with E-state index in [4.69, 9.17) is 4.74 Å². The number of rotatable bonds is 5. The number of halogens is 1. The summed E-state index contributed by atoms with van der Waals surface area (Å²) in [6.45, 7) is 0.145. The van der Waals surface area contributed by atoms with Gasteiger partial charge in [-0.2, -0.15) is 0 Å². The van der Waals surface area contributed by atoms with Crippen molar-refractivity contribution in [3.63, 3.8) is 0 Å². The first-order valence-corrected chi connectivity index (χ1v) is 11.0. The number of nitrogens with one attached hydrogen (secondary N) is 2. The van der Waals surface area contributed by atoms with Gasteiger partial charge < -0.3 is 15.0 Å². The molecule has 0 bridgehead atoms. The summed E-state index contributed by atoms with van der Waals surface area (Å²) in [5.74, 6) is -0.886. The van der Waals surface area contributed by atoms with Crippen molar-refractivity contribution in [3.05, 3.63) is 71.0 Å². The molecule has 5 rings (SSSR count). The Labute approximate surface area is 195 Å². The number of aromatic amines is 1. The molecule has 8 nitrogen and oxygen atoms in total. The van der Waals surface area contributed by atoms with Crippen LogP contribution in [0.5, 0.6) is 0 Å². The maximum atomic E-state index is 13.3. The second kappa shape index (κ2) is 8.74. The summed E-state index contributed by atoms with van der Waals surface area (Å²) in [7, 11) is 1.28. The van der Waals surface area contributed by atoms with E-state index in [9.17, 15) is 18.8 Å². The summed E-state index contributed by atoms with van der Waals surface area (Å²) in [5.41, 5.74) is 4.46. The fourth-order valence-electron chi connectivity index (χ4n) is 4.34. The van der Waals surface area contributed by atoms with E-state index in [1.54, 1.807) is 18.3 Å². The molecule has 3 aromatic rings. The van der Waals surface area contributed by atoms with Crippen LogP contribution in [0, 0.1) is 5.92 Å². The number of anilines is 1. The van der Waals surface area contributed by atoms with Crippen molar-refractivity contribution in [1.29, 1.82) is 0 Å². The molecule has 1 aliphatic heterocycles. The van der Waals surface area contributed by atoms with Crippen LogP contribution in [0.1, 0.15) is 33.6 Å². The molecule has 174 valence electrons. The van der Waals surface area contributed by atoms with E-state index in [1.165, 1.54) is 12.0 Å². The minimum atomic E-state index is -1.10. The number of ether oxygens (including phenoxy) is 1. The predicted molar refractivity (Wildman–Crippen MR) is 122 cm³/mol. The maximum Gasteiger partial charge on any atom is 0.410 e. The van der Waals surface area contributed by atoms with Gasteiger partial charge in [0.25, 0.3) is 0 Å². The number of fused-ring (bicyclic) bond motifs is 1. The van der Waals surface area contributed by atoms with Crippen LogP contribution in [-0.4, -0.2) is 52.5 Å². The largest absolute Gasteiger partial charge is 0.453 e. The summed E-state index contributed by atoms with van der Waals surface area (Å²) in [6.07, 6.45) is 0.621. The van der Waals surface area contributed by atoms with Crippen LogP contribution in [0.3, 0.4) is 0 Å². The standard InChI is InChI=1S/C25H23FN4O4/c1-34-25(33)30-12-19-22(20(31)13-30)17(9-14-5-3-2-4-6-14)23(28-19)15-7-8-27-21(10-15)29-24(32)16-11-18(16)26/h2-8,10,16,18,28H,9,11-13H2,1H3,(H,27,29,32)/t16-,18+/m0/s1. The average molecular weight is 462 g/mol. The van der Waals surface area contributed by atoms with Gasteiger partial charge in [-0.3, -0.25) is 14.5 Å². The number of ketones is 1. The van der Waals surface area contributed by atoms with Crippen LogP contribution in [0.2, 0.25) is 0 Å². The maximum absolute atomic E-state index is 13.3. The van der Waals surface area contributed by atoms with Crippen molar-refractivity contribution in [2.45, 2.75) is 25.6 Å². The highest BCUT2D eigenvalue weighted by Gasteiger charge is 2.43. The van der Waals surface area contributed by atoms with Gasteiger partial charge in [0.1, 0.15) is 12.0 Å². The van der Waals surface area contributed by atoms with Crippen molar-refractivity contribution in [2.24, 2.45) is 5.92 Å². The molecular weight excluding hydrogens is 439 g/mol. The van der Waals surface area contributed by atoms with Gasteiger partial charge in [-0.25, -0.2) is 14.2 Å². The van der Waals surface area contributed by atoms with Crippen molar-refractivity contribution >= 4 is 23.6 Å². The highest BCUT2D eigenvalue weighted by Crippen LogP contribution is 2.36. The normalized spacial score (nSPS) is 18.9. The molecule has 2 N–H and O–H groups in total. The monoisotopic (exact) mass is 462 g/mol. The minimum absolute atomic E-state index is 0.0673. The van der Waals surface area contributed by atoms with Gasteiger partial charge >= 0.3 is 6.09 Å². The second-order valence-corrected chi connectivity index (χ2v) is 8.52. The predicted octanol–water partition coefficient (Wildman–Crippen LogP) is 3.73. The summed E-state index contributed by atoms with van der Waals surface area (Å²) < 4.78 is 18.1. The Morgan fingerprint density at radius 3 is 2.71 bits per heavy atom. The number of Topliss-reactive ketones (excluding diaryl/α,β-unsaturated/α-hetero) is 1. The lowest BCUT2D eigenvalue weighted by Crippen LogP contribution is -2.39. The number of pyridine rings is 1. The van der Waals surface area contributed by atoms with E-state index in [1.807, 2.05) is 30.3 Å². The number of amides is 2. The highest BCUT2D eigenvalue weighted by molar-refractivity contribution is 6.04. The van der Waals surface area contributed by atoms with Crippen molar-refractivity contribution in [3.8, 4) is 11.3 Å². The number of benzene rings is 1. The van der Waals surface area contributed by atoms with E-state index in [2.05, 4.69) is 15.3 Å². The lowest BCUT2D eigenvalue weighted by atomic mass is 9.94. The second-order valence-electron chi connectivity index (χ2n) is 8.52. The zero-order valence-corrected chi connectivity index (χ0v) is 18.5. The van der Waals surface area contributed by atoms with Crippen LogP contribution in [0.15, 0.2) is 48.7 Å². The molecule has 1 aliphatic carbocycles. The number of nitrogens with zero attached hydrogens (tertiary/aromatic N) is 2. The summed E-state index contributed by atoms with van der Waals surface area (Å²) in [4.78, 5) is 46.2. The Morgan fingerprint density at radius 1 is 1.24 bits per heavy atom. The molecule has 3 heterocycles. The third-order valence-electron chi connectivity index (χ3n) is 6.15. The van der Waals surface area contributed by atoms with Crippen molar-refractivity contribution in [1.82, 2.24) is 14.9 Å². The lowest BCUT2D eigenvalue weighted by Gasteiger charge is -2.25. The third-order valence-corrected chi connectivity index (χ3v) is 6.15. The van der Waals surface area contributed by atoms with Crippen molar-refractivity contribution < 1.29 is 23.5 Å². The highest BCUT2D eigenvalue weighted by atomic mass is 19.1. The molecule has 0 spiro atoms. The number of aromatic nitrogens is 2. The molecule has 2 atom stereocenters. The quantitative estimate of drug-likeness (QED) is 0.601. The van der Waals surface area contributed by atoms with E-state index in [0.717, 1.165) is 16.7 Å². The number of H-pyrrole nitrogens is 1. The molecule has 2 aromatic heterocycles. The van der Waals surface area contributed by atoms with Gasteiger partial charge in [-0.15, -0.1) is 0 Å². The van der Waals surface area contributed by atoms with Crippen LogP contribution in [0.25, 0.3) is 11.3 Å². The SMILES string of the molecule is COC(=O)N1CC(=O)c2c([nH]c(-c3ccnc(NC(=O)[C@H]4C[C@H]4F)c3)c2Cc2ccccc2)C1. The zero-order chi connectivity index (χ0) is 23.8. The van der Waals surface area contributed by atoms with Crippen molar-refractivity contribution in [2.75, 3.05) is 19.0 Å². The topological polar surface area (TPSA) is 104 Å². The van der Waals surface area contributed by atoms with Gasteiger partial charge in [0.15, 0.2) is 5.78 Å². The van der Waals surface area contributed by atoms with Crippen LogP contribution >= 0.6 is 0 Å². The van der Waals surface area contributed by atoms with Crippen LogP contribution in [-0.2, 0) is 22.5 Å². The third kappa shape index (κ3) is 4.16. The van der Waals surface area contributed by atoms with Gasteiger partial charge in [-0.1, -0.05) is 30.3 Å². The Hall–Kier alpha value is -4.01. The van der Waals surface area contributed by atoms with E-state index >= 15 is 0 Å². The number of methoxy groups -OCH3 is 1. The zero-order valence-electron chi connectivity index (χ0n) is 18.5. The molecule has 2 aliphatic rings. The number of carbonyl (C=O) groups excluding carboxylic acids is 3. The number of carbonyl (C=O) groups is 3. The first-order chi connectivity index (χ1) is 16.4. The lowest BCUT2D eigenvalue weighted by molar-refractivity contribution is -0.117. The molecule has 1 aromatic carbocycles. The van der Waals surface area contributed by atoms with Gasteiger partial charge in [0.05, 0.1) is 31.8 Å². The Balaban J connectivity index is 1.54. The van der Waals surface area contributed by atoms with E-state index in [-0.39, 0.29) is 25.3 Å². The fourth-order valence-corrected chi connectivity index (χ4v) is 4.34. The molecule has 1 fully saturated rings. The van der Waals surface area contributed by atoms with Gasteiger partial charge in [-0.05, 0) is 29.7 Å². The Bertz CT molecular complexity index is 1270. The fraction of sp³-hybridized carbons (Fsp3) is 0.280. The minimum Gasteiger partial charge on any atom is -0.453 e. The number of alkyl halides is 1. The van der Waals surface area contributed by atoms with Crippen LogP contribution < -0.4 is 5.32 Å². The van der Waals surface area contributed by atoms with Gasteiger partial charge in [0.2, 0.25) is 5.91 Å². The summed E-state index contributed by atoms with van der Waals surface area (Å²) in [6, 6.07) is 13.2. The Kier molecular flexibility index (Phi) is 5.61. The average Bonchev–Trinajstić information content (AvgIpc) is 3.47. The van der Waals surface area contributed by atoms with Gasteiger partial charge in [0, 0.05) is 29.4 Å². The van der Waals surface area contributed by atoms with E-state index in [0.29, 0.717) is 29.2 Å². The molecule has 0 radical (unpaired) electrons. The van der Waals surface area contributed by atoms with Crippen LogP contribution in [0.4, 0.5) is 15.0 Å². The summed E-state index contributed by atoms with van der Waals surface area (Å²) in [5, 5.41) is 2.67. The molecule has 34 heavy (non-hydrogen) atoms. The Morgan fingerprint density at radius 2 is 2.00 bits per heavy atom. The molecular formula is C25H23FN4O4. The molecule has 0 saturated heterocycles. The molecule has 2 amide bonds. The first kappa shape index (κ1) is 21.8. The first-order valence-electron chi connectivity index (χ1n) is 11.0. The molecule has 0 unspecified atom stereocenters. The molecule has 1 saturated carbocycles. The number of hydrogen-bond donors (Lipinski definition) is 2. The smallest absolute Gasteiger partial charge is 0.410 e. The molecule has 9 heteroatoms. The number of hydrogen-bond acceptors (Lipinski definition) is 5. The summed E-state index contributed by atoms with van der Waals surface area (Å²) >= 11 is 0. The van der Waals surface area contributed by atoms with E-state index < -0.39 is 24.1 Å².